The van der Waals surface area contributed by atoms with Crippen LogP contribution in [0.25, 0.3) is 0 Å². The molecule has 6 nitrogen and oxygen atoms in total. The molecule has 0 saturated heterocycles. The molecule has 0 fully saturated rings. The van der Waals surface area contributed by atoms with Crippen LogP contribution in [0.4, 0.5) is 5.69 Å². The highest BCUT2D eigenvalue weighted by molar-refractivity contribution is 7.93. The number of nitrogens with zero attached hydrogens (tertiary/aromatic N) is 1. The topological polar surface area (TPSA) is 72.9 Å². The summed E-state index contributed by atoms with van der Waals surface area (Å²) in [5.74, 6) is -0.750. The quantitative estimate of drug-likeness (QED) is 0.553. The maximum Gasteiger partial charge on any atom is 0.274 e. The lowest BCUT2D eigenvalue weighted by Gasteiger charge is -2.20. The van der Waals surface area contributed by atoms with E-state index in [1.54, 1.807) is 18.2 Å². The Morgan fingerprint density at radius 3 is 2.47 bits per heavy atom. The van der Waals surface area contributed by atoms with E-state index in [4.69, 9.17) is 21.1 Å². The van der Waals surface area contributed by atoms with Crippen LogP contribution in [0.15, 0.2) is 52.7 Å². The van der Waals surface area contributed by atoms with Gasteiger partial charge in [0.05, 0.1) is 19.9 Å². The highest BCUT2D eigenvalue weighted by Gasteiger charge is 2.46. The van der Waals surface area contributed by atoms with E-state index >= 15 is 0 Å². The van der Waals surface area contributed by atoms with E-state index < -0.39 is 21.8 Å². The van der Waals surface area contributed by atoms with Crippen LogP contribution in [0.5, 0.6) is 11.5 Å². The Morgan fingerprint density at radius 1 is 1.07 bits per heavy atom. The number of rotatable bonds is 5. The number of benzene rings is 2. The third-order valence-electron chi connectivity index (χ3n) is 5.02. The number of methoxy groups -OCH3 is 2. The normalized spacial score (nSPS) is 15.9. The number of aryl methyl sites for hydroxylation is 1. The molecular formula is C21H18ClNO5S2. The van der Waals surface area contributed by atoms with Crippen molar-refractivity contribution >= 4 is 44.6 Å². The number of sulfonamides is 1. The Kier molecular flexibility index (Phi) is 5.25. The number of carbonyl (C=O) groups excluding carboxylic acids is 1. The third kappa shape index (κ3) is 3.15. The molecule has 4 rings (SSSR count). The van der Waals surface area contributed by atoms with Gasteiger partial charge in [-0.25, -0.2) is 12.7 Å². The van der Waals surface area contributed by atoms with Crippen molar-refractivity contribution in [2.45, 2.75) is 17.7 Å². The summed E-state index contributed by atoms with van der Waals surface area (Å²) in [6.45, 7) is 1.90. The van der Waals surface area contributed by atoms with Crippen molar-refractivity contribution in [1.29, 1.82) is 0 Å². The number of halogens is 1. The van der Waals surface area contributed by atoms with Crippen LogP contribution in [0.2, 0.25) is 5.02 Å². The number of anilines is 1. The van der Waals surface area contributed by atoms with E-state index in [2.05, 4.69) is 0 Å². The second kappa shape index (κ2) is 7.61. The van der Waals surface area contributed by atoms with Gasteiger partial charge in [-0.15, -0.1) is 11.3 Å². The van der Waals surface area contributed by atoms with Gasteiger partial charge in [0.15, 0.2) is 0 Å². The average Bonchev–Trinajstić information content (AvgIpc) is 3.26. The predicted molar refractivity (Wildman–Crippen MR) is 117 cm³/mol. The first-order valence-electron chi connectivity index (χ1n) is 8.94. The maximum absolute atomic E-state index is 13.6. The van der Waals surface area contributed by atoms with Gasteiger partial charge < -0.3 is 9.47 Å². The molecule has 3 aromatic rings. The number of ether oxygens (including phenoxy) is 2. The van der Waals surface area contributed by atoms with E-state index in [1.807, 2.05) is 18.4 Å². The summed E-state index contributed by atoms with van der Waals surface area (Å²) in [4.78, 5) is 14.2. The third-order valence-corrected chi connectivity index (χ3v) is 8.09. The second-order valence-electron chi connectivity index (χ2n) is 6.73. The summed E-state index contributed by atoms with van der Waals surface area (Å²) in [6, 6.07) is 11.0. The van der Waals surface area contributed by atoms with E-state index in [0.29, 0.717) is 22.0 Å². The fraction of sp³-hybridized carbons (Fsp3) is 0.190. The molecule has 30 heavy (non-hydrogen) atoms. The minimum absolute atomic E-state index is 0.0911. The van der Waals surface area contributed by atoms with E-state index in [9.17, 15) is 13.2 Å². The molecule has 2 aromatic carbocycles. The SMILES string of the molecule is COc1ccc(S(=O)(=O)N2C(=O)C(c3sccc3C)c3cc(Cl)ccc32)c(OC)c1. The molecule has 0 radical (unpaired) electrons. The number of carbonyl (C=O) groups is 1. The summed E-state index contributed by atoms with van der Waals surface area (Å²) < 4.78 is 38.5. The van der Waals surface area contributed by atoms with Gasteiger partial charge in [-0.1, -0.05) is 11.6 Å². The van der Waals surface area contributed by atoms with E-state index in [1.165, 1.54) is 43.8 Å². The Morgan fingerprint density at radius 2 is 1.83 bits per heavy atom. The molecule has 9 heteroatoms. The van der Waals surface area contributed by atoms with Crippen LogP contribution in [0.1, 0.15) is 21.9 Å². The van der Waals surface area contributed by atoms with E-state index in [-0.39, 0.29) is 10.6 Å². The van der Waals surface area contributed by atoms with Crippen LogP contribution in [-0.4, -0.2) is 28.5 Å². The Labute approximate surface area is 183 Å². The molecule has 2 heterocycles. The summed E-state index contributed by atoms with van der Waals surface area (Å²) in [5.41, 5.74) is 1.78. The molecule has 0 aliphatic carbocycles. The largest absolute Gasteiger partial charge is 0.497 e. The fourth-order valence-corrected chi connectivity index (χ4v) is 6.40. The van der Waals surface area contributed by atoms with Crippen molar-refractivity contribution in [2.75, 3.05) is 18.5 Å². The van der Waals surface area contributed by atoms with Crippen LogP contribution >= 0.6 is 22.9 Å². The Balaban J connectivity index is 1.92. The number of fused-ring (bicyclic) bond motifs is 1. The van der Waals surface area contributed by atoms with Gasteiger partial charge in [0.1, 0.15) is 22.3 Å². The van der Waals surface area contributed by atoms with Crippen LogP contribution in [0, 0.1) is 6.92 Å². The zero-order valence-corrected chi connectivity index (χ0v) is 18.8. The minimum Gasteiger partial charge on any atom is -0.497 e. The Hall–Kier alpha value is -2.55. The number of hydrogen-bond acceptors (Lipinski definition) is 6. The van der Waals surface area contributed by atoms with E-state index in [0.717, 1.165) is 14.7 Å². The summed E-state index contributed by atoms with van der Waals surface area (Å²) in [5, 5.41) is 2.31. The first-order chi connectivity index (χ1) is 14.3. The number of thiophene rings is 1. The Bertz CT molecular complexity index is 1250. The van der Waals surface area contributed by atoms with Gasteiger partial charge in [0, 0.05) is 16.0 Å². The molecule has 0 saturated carbocycles. The fourth-order valence-electron chi connectivity index (χ4n) is 3.58. The van der Waals surface area contributed by atoms with Crippen molar-refractivity contribution in [3.63, 3.8) is 0 Å². The molecule has 1 aromatic heterocycles. The number of hydrogen-bond donors (Lipinski definition) is 0. The van der Waals surface area contributed by atoms with Crippen molar-refractivity contribution in [3.8, 4) is 11.5 Å². The lowest BCUT2D eigenvalue weighted by molar-refractivity contribution is -0.117. The highest BCUT2D eigenvalue weighted by Crippen LogP contribution is 2.47. The molecule has 1 unspecified atom stereocenters. The van der Waals surface area contributed by atoms with Crippen LogP contribution < -0.4 is 13.8 Å². The smallest absolute Gasteiger partial charge is 0.274 e. The molecule has 0 spiro atoms. The lowest BCUT2D eigenvalue weighted by atomic mass is 9.97. The van der Waals surface area contributed by atoms with Crippen LogP contribution in [-0.2, 0) is 14.8 Å². The number of amides is 1. The predicted octanol–water partition coefficient (Wildman–Crippen LogP) is 4.59. The van der Waals surface area contributed by atoms with Gasteiger partial charge in [-0.3, -0.25) is 4.79 Å². The van der Waals surface area contributed by atoms with Gasteiger partial charge in [-0.2, -0.15) is 0 Å². The van der Waals surface area contributed by atoms with Crippen molar-refractivity contribution < 1.29 is 22.7 Å². The molecule has 1 aliphatic rings. The van der Waals surface area contributed by atoms with Crippen molar-refractivity contribution in [2.24, 2.45) is 0 Å². The van der Waals surface area contributed by atoms with Crippen molar-refractivity contribution in [1.82, 2.24) is 0 Å². The maximum atomic E-state index is 13.6. The average molecular weight is 464 g/mol. The monoisotopic (exact) mass is 463 g/mol. The first-order valence-corrected chi connectivity index (χ1v) is 11.6. The summed E-state index contributed by atoms with van der Waals surface area (Å²) in [7, 11) is -1.41. The standard InChI is InChI=1S/C21H18ClNO5S2/c1-12-8-9-29-20(12)19-15-10-13(22)4-6-16(15)23(21(19)24)30(25,26)18-7-5-14(27-2)11-17(18)28-3/h4-11,19H,1-3H3. The molecule has 156 valence electrons. The molecule has 1 amide bonds. The summed E-state index contributed by atoms with van der Waals surface area (Å²) in [6.07, 6.45) is 0. The molecule has 0 bridgehead atoms. The highest BCUT2D eigenvalue weighted by atomic mass is 35.5. The minimum atomic E-state index is -4.25. The molecule has 1 atom stereocenters. The second-order valence-corrected chi connectivity index (χ2v) is 9.87. The van der Waals surface area contributed by atoms with Gasteiger partial charge >= 0.3 is 0 Å². The molecule has 0 N–H and O–H groups in total. The van der Waals surface area contributed by atoms with Crippen molar-refractivity contribution in [3.05, 3.63) is 68.9 Å². The zero-order valence-electron chi connectivity index (χ0n) is 16.4. The zero-order chi connectivity index (χ0) is 21.6. The lowest BCUT2D eigenvalue weighted by Crippen LogP contribution is -2.35. The van der Waals surface area contributed by atoms with Gasteiger partial charge in [0.2, 0.25) is 0 Å². The molecular weight excluding hydrogens is 446 g/mol. The first kappa shape index (κ1) is 20.7. The summed E-state index contributed by atoms with van der Waals surface area (Å²) >= 11 is 7.60. The van der Waals surface area contributed by atoms with Crippen LogP contribution in [0.3, 0.4) is 0 Å². The molecule has 1 aliphatic heterocycles. The van der Waals surface area contributed by atoms with Gasteiger partial charge in [0.25, 0.3) is 15.9 Å². The van der Waals surface area contributed by atoms with Gasteiger partial charge in [-0.05, 0) is 59.8 Å².